The predicted octanol–water partition coefficient (Wildman–Crippen LogP) is 2.75. The molecule has 0 spiro atoms. The van der Waals surface area contributed by atoms with Crippen LogP contribution in [0.5, 0.6) is 0 Å². The van der Waals surface area contributed by atoms with Gasteiger partial charge in [-0.1, -0.05) is 0 Å². The van der Waals surface area contributed by atoms with Crippen molar-refractivity contribution in [3.8, 4) is 0 Å². The van der Waals surface area contributed by atoms with Crippen molar-refractivity contribution in [2.45, 2.75) is 44.4 Å². The first kappa shape index (κ1) is 23.7. The number of aliphatic hydroxyl groups excluding tert-OH is 1. The van der Waals surface area contributed by atoms with Gasteiger partial charge in [0.15, 0.2) is 0 Å². The van der Waals surface area contributed by atoms with E-state index in [1.807, 2.05) is 4.90 Å². The van der Waals surface area contributed by atoms with Crippen molar-refractivity contribution in [2.75, 3.05) is 29.9 Å². The number of nitrogens with one attached hydrogen (secondary N) is 2. The van der Waals surface area contributed by atoms with Crippen molar-refractivity contribution in [1.29, 1.82) is 0 Å². The Kier molecular flexibility index (Phi) is 7.49. The second-order valence-corrected chi connectivity index (χ2v) is 7.82. The molecule has 1 saturated heterocycles. The summed E-state index contributed by atoms with van der Waals surface area (Å²) < 4.78 is 52.3. The molecule has 0 aliphatic carbocycles. The number of carbonyl (C=O) groups excluding carboxylic acids is 1. The van der Waals surface area contributed by atoms with E-state index in [9.17, 15) is 22.4 Å². The van der Waals surface area contributed by atoms with Gasteiger partial charge in [0.2, 0.25) is 5.91 Å². The predicted molar refractivity (Wildman–Crippen MR) is 111 cm³/mol. The number of halogens is 4. The van der Waals surface area contributed by atoms with Gasteiger partial charge in [-0.15, -0.1) is 0 Å². The molecule has 2 atom stereocenters. The van der Waals surface area contributed by atoms with Crippen LogP contribution < -0.4 is 15.5 Å². The number of benzene rings is 1. The maximum absolute atomic E-state index is 13.5. The molecule has 1 aliphatic heterocycles. The molecule has 0 bridgehead atoms. The minimum absolute atomic E-state index is 0.0938. The Morgan fingerprint density at radius 3 is 2.81 bits per heavy atom. The van der Waals surface area contributed by atoms with Gasteiger partial charge in [0.25, 0.3) is 0 Å². The maximum Gasteiger partial charge on any atom is 0.419 e. The molecule has 11 heteroatoms. The van der Waals surface area contributed by atoms with Crippen LogP contribution in [0.15, 0.2) is 30.6 Å². The molecule has 1 aromatic carbocycles. The molecular formula is C21H25F4N5O2. The van der Waals surface area contributed by atoms with Crippen LogP contribution in [0.2, 0.25) is 0 Å². The second-order valence-electron chi connectivity index (χ2n) is 7.82. The topological polar surface area (TPSA) is 90.4 Å². The summed E-state index contributed by atoms with van der Waals surface area (Å²) in [4.78, 5) is 22.0. The molecule has 1 aliphatic rings. The van der Waals surface area contributed by atoms with Crippen molar-refractivity contribution in [1.82, 2.24) is 15.3 Å². The molecular weight excluding hydrogens is 430 g/mol. The van der Waals surface area contributed by atoms with Crippen molar-refractivity contribution in [2.24, 2.45) is 0 Å². The van der Waals surface area contributed by atoms with Crippen LogP contribution in [0.1, 0.15) is 31.0 Å². The average Bonchev–Trinajstić information content (AvgIpc) is 2.74. The number of piperidine rings is 1. The van der Waals surface area contributed by atoms with Gasteiger partial charge < -0.3 is 20.6 Å². The van der Waals surface area contributed by atoms with Crippen LogP contribution in [0.25, 0.3) is 0 Å². The fourth-order valence-corrected chi connectivity index (χ4v) is 3.73. The minimum atomic E-state index is -4.77. The van der Waals surface area contributed by atoms with Crippen LogP contribution in [0, 0.1) is 5.82 Å². The van der Waals surface area contributed by atoms with Gasteiger partial charge in [0.05, 0.1) is 5.56 Å². The second kappa shape index (κ2) is 10.1. The summed E-state index contributed by atoms with van der Waals surface area (Å²) in [6, 6.07) is 4.25. The number of aromatic nitrogens is 2. The number of nitrogens with zero attached hydrogens (tertiary/aromatic N) is 3. The maximum atomic E-state index is 13.5. The molecule has 0 radical (unpaired) electrons. The van der Waals surface area contributed by atoms with Gasteiger partial charge in [-0.2, -0.15) is 13.2 Å². The first-order valence-electron chi connectivity index (χ1n) is 10.2. The monoisotopic (exact) mass is 455 g/mol. The normalized spacial score (nSPS) is 17.7. The molecule has 2 unspecified atom stereocenters. The van der Waals surface area contributed by atoms with Crippen LogP contribution >= 0.6 is 0 Å². The highest BCUT2D eigenvalue weighted by atomic mass is 19.4. The summed E-state index contributed by atoms with van der Waals surface area (Å²) in [7, 11) is 0. The largest absolute Gasteiger partial charge is 0.419 e. The van der Waals surface area contributed by atoms with Crippen molar-refractivity contribution >= 4 is 17.4 Å². The van der Waals surface area contributed by atoms with Gasteiger partial charge in [0.1, 0.15) is 24.6 Å². The van der Waals surface area contributed by atoms with Crippen LogP contribution in [-0.4, -0.2) is 52.8 Å². The number of aliphatic hydroxyl groups is 1. The molecule has 32 heavy (non-hydrogen) atoms. The molecule has 2 aromatic rings. The molecule has 3 rings (SSSR count). The summed E-state index contributed by atoms with van der Waals surface area (Å²) in [5.41, 5.74) is -0.458. The van der Waals surface area contributed by atoms with Crippen molar-refractivity contribution < 1.29 is 27.5 Å². The zero-order chi connectivity index (χ0) is 23.3. The molecule has 7 nitrogen and oxygen atoms in total. The third-order valence-corrected chi connectivity index (χ3v) is 5.16. The van der Waals surface area contributed by atoms with Crippen LogP contribution in [-0.2, 0) is 17.4 Å². The number of rotatable bonds is 7. The Bertz CT molecular complexity index is 941. The molecule has 1 fully saturated rings. The highest BCUT2D eigenvalue weighted by Crippen LogP contribution is 2.33. The zero-order valence-electron chi connectivity index (χ0n) is 17.5. The Balaban J connectivity index is 1.64. The third kappa shape index (κ3) is 6.28. The summed E-state index contributed by atoms with van der Waals surface area (Å²) >= 11 is 0. The van der Waals surface area contributed by atoms with Gasteiger partial charge in [0, 0.05) is 49.0 Å². The number of anilines is 2. The van der Waals surface area contributed by atoms with Crippen LogP contribution in [0.4, 0.5) is 29.1 Å². The zero-order valence-corrected chi connectivity index (χ0v) is 17.5. The highest BCUT2D eigenvalue weighted by Gasteiger charge is 2.34. The summed E-state index contributed by atoms with van der Waals surface area (Å²) in [5.74, 6) is -1.05. The number of hydrogen-bond acceptors (Lipinski definition) is 6. The molecule has 1 amide bonds. The standard InChI is InChI=1S/C21H25F4N5O2/c1-13(28-14-4-5-18(22)17(8-14)21(23,24)25)7-16-9-19(27-12-26-16)30-6-2-3-15(10-30)29-20(32)11-31/h4-5,8-9,12-13,15,28,31H,2-3,6-7,10-11H2,1H3,(H,29,32). The molecule has 3 N–H and O–H groups in total. The molecule has 174 valence electrons. The molecule has 1 aromatic heterocycles. The van der Waals surface area contributed by atoms with Crippen molar-refractivity contribution in [3.05, 3.63) is 47.7 Å². The van der Waals surface area contributed by atoms with Crippen molar-refractivity contribution in [3.63, 3.8) is 0 Å². The first-order chi connectivity index (χ1) is 15.2. The van der Waals surface area contributed by atoms with E-state index in [1.54, 1.807) is 13.0 Å². The van der Waals surface area contributed by atoms with Gasteiger partial charge in [-0.25, -0.2) is 14.4 Å². The van der Waals surface area contributed by atoms with E-state index in [0.29, 0.717) is 24.5 Å². The van der Waals surface area contributed by atoms with Gasteiger partial charge >= 0.3 is 6.18 Å². The lowest BCUT2D eigenvalue weighted by molar-refractivity contribution is -0.140. The lowest BCUT2D eigenvalue weighted by atomic mass is 10.1. The number of alkyl halides is 3. The van der Waals surface area contributed by atoms with Crippen LogP contribution in [0.3, 0.4) is 0 Å². The lowest BCUT2D eigenvalue weighted by Crippen LogP contribution is -2.48. The molecule has 0 saturated carbocycles. The Labute approximate surface area is 182 Å². The van der Waals surface area contributed by atoms with E-state index in [2.05, 4.69) is 20.6 Å². The SMILES string of the molecule is CC(Cc1cc(N2CCCC(NC(=O)CO)C2)ncn1)Nc1ccc(F)c(C(F)(F)F)c1. The Hall–Kier alpha value is -2.95. The minimum Gasteiger partial charge on any atom is -0.387 e. The Morgan fingerprint density at radius 2 is 2.09 bits per heavy atom. The third-order valence-electron chi connectivity index (χ3n) is 5.16. The van der Waals surface area contributed by atoms with Gasteiger partial charge in [-0.3, -0.25) is 4.79 Å². The van der Waals surface area contributed by atoms with Gasteiger partial charge in [-0.05, 0) is 38.0 Å². The van der Waals surface area contributed by atoms with E-state index in [-0.39, 0.29) is 17.8 Å². The first-order valence-corrected chi connectivity index (χ1v) is 10.2. The quantitative estimate of drug-likeness (QED) is 0.557. The fourth-order valence-electron chi connectivity index (χ4n) is 3.73. The highest BCUT2D eigenvalue weighted by molar-refractivity contribution is 5.77. The van der Waals surface area contributed by atoms with E-state index in [0.717, 1.165) is 31.5 Å². The van der Waals surface area contributed by atoms with E-state index in [4.69, 9.17) is 5.11 Å². The number of hydrogen-bond donors (Lipinski definition) is 3. The smallest absolute Gasteiger partial charge is 0.387 e. The number of carbonyl (C=O) groups is 1. The number of amides is 1. The average molecular weight is 455 g/mol. The van der Waals surface area contributed by atoms with E-state index in [1.165, 1.54) is 12.4 Å². The Morgan fingerprint density at radius 1 is 1.31 bits per heavy atom. The molecule has 2 heterocycles. The van der Waals surface area contributed by atoms with E-state index < -0.39 is 30.1 Å². The summed E-state index contributed by atoms with van der Waals surface area (Å²) in [6.07, 6.45) is -1.28. The summed E-state index contributed by atoms with van der Waals surface area (Å²) in [6.45, 7) is 2.54. The fraction of sp³-hybridized carbons (Fsp3) is 0.476. The summed E-state index contributed by atoms with van der Waals surface area (Å²) in [5, 5.41) is 14.6. The van der Waals surface area contributed by atoms with E-state index >= 15 is 0 Å². The lowest BCUT2D eigenvalue weighted by Gasteiger charge is -2.34.